The van der Waals surface area contributed by atoms with Crippen molar-refractivity contribution in [1.82, 2.24) is 19.1 Å². The predicted octanol–water partition coefficient (Wildman–Crippen LogP) is 15.9. The Morgan fingerprint density at radius 2 is 0.794 bits per heavy atom. The van der Waals surface area contributed by atoms with Gasteiger partial charge in [-0.15, -0.1) is 0 Å². The van der Waals surface area contributed by atoms with Gasteiger partial charge < -0.3 is 9.13 Å². The van der Waals surface area contributed by atoms with Crippen LogP contribution in [0.4, 0.5) is 13.2 Å². The van der Waals surface area contributed by atoms with Gasteiger partial charge in [0.05, 0.1) is 56.5 Å². The average molecular weight is 884 g/mol. The van der Waals surface area contributed by atoms with Gasteiger partial charge in [-0.3, -0.25) is 9.97 Å². The first-order chi connectivity index (χ1) is 33.3. The van der Waals surface area contributed by atoms with Gasteiger partial charge in [-0.1, -0.05) is 146 Å². The van der Waals surface area contributed by atoms with Crippen LogP contribution in [0.2, 0.25) is 0 Å². The van der Waals surface area contributed by atoms with Crippen molar-refractivity contribution < 1.29 is 13.2 Å². The van der Waals surface area contributed by atoms with E-state index >= 15 is 13.2 Å². The number of nitrogens with zero attached hydrogens (tertiary/aromatic N) is 5. The van der Waals surface area contributed by atoms with Crippen LogP contribution in [0.5, 0.6) is 0 Å². The van der Waals surface area contributed by atoms with Gasteiger partial charge in [0.1, 0.15) is 5.56 Å². The van der Waals surface area contributed by atoms with Crippen LogP contribution < -0.4 is 0 Å². The lowest BCUT2D eigenvalue weighted by molar-refractivity contribution is -0.137. The third-order valence-electron chi connectivity index (χ3n) is 12.9. The quantitative estimate of drug-likeness (QED) is 0.160. The standard InChI is InChI=1S/C60H36F3N5/c61-60(62,63)59-57(67-53-20-9-7-18-47(53)49-26-22-42(31-55(49)67)44-24-28-51(65-36-44)39-13-3-1-4-14-39)33-46(41-17-11-12-38(30-41)35-64)34-58(59)68-54-21-10-8-19-48(54)50-27-23-43(32-56(50)68)45-25-29-52(66-37-45)40-15-5-2-6-16-40/h1-34,36-37H. The lowest BCUT2D eigenvalue weighted by Gasteiger charge is -2.23. The van der Waals surface area contributed by atoms with E-state index in [4.69, 9.17) is 9.97 Å². The first-order valence-electron chi connectivity index (χ1n) is 22.2. The summed E-state index contributed by atoms with van der Waals surface area (Å²) in [6.07, 6.45) is -1.23. The molecule has 0 saturated carbocycles. The Morgan fingerprint density at radius 1 is 0.368 bits per heavy atom. The molecule has 0 aliphatic carbocycles. The lowest BCUT2D eigenvalue weighted by Crippen LogP contribution is -2.16. The Kier molecular flexibility index (Phi) is 9.59. The molecule has 12 rings (SSSR count). The van der Waals surface area contributed by atoms with Gasteiger partial charge in [-0.05, 0) is 82.9 Å². The molecule has 322 valence electrons. The van der Waals surface area contributed by atoms with Gasteiger partial charge in [0.2, 0.25) is 0 Å². The molecule has 8 heteroatoms. The van der Waals surface area contributed by atoms with E-state index < -0.39 is 11.7 Å². The summed E-state index contributed by atoms with van der Waals surface area (Å²) in [5.41, 5.74) is 9.95. The summed E-state index contributed by atoms with van der Waals surface area (Å²) in [4.78, 5) is 9.56. The van der Waals surface area contributed by atoms with Crippen LogP contribution in [0.15, 0.2) is 219 Å². The Hall–Kier alpha value is -9.06. The first kappa shape index (κ1) is 40.4. The summed E-state index contributed by atoms with van der Waals surface area (Å²) in [5, 5.41) is 13.2. The highest BCUT2D eigenvalue weighted by Gasteiger charge is 2.39. The minimum absolute atomic E-state index is 0.0453. The third kappa shape index (κ3) is 6.88. The van der Waals surface area contributed by atoms with E-state index in [1.165, 1.54) is 0 Å². The van der Waals surface area contributed by atoms with E-state index in [-0.39, 0.29) is 11.4 Å². The van der Waals surface area contributed by atoms with Crippen molar-refractivity contribution >= 4 is 43.6 Å². The van der Waals surface area contributed by atoms with Crippen LogP contribution >= 0.6 is 0 Å². The fraction of sp³-hybridized carbons (Fsp3) is 0.0167. The molecule has 4 heterocycles. The molecule has 0 unspecified atom stereocenters. The number of hydrogen-bond acceptors (Lipinski definition) is 3. The molecule has 0 saturated heterocycles. The second-order valence-electron chi connectivity index (χ2n) is 16.8. The highest BCUT2D eigenvalue weighted by molar-refractivity contribution is 6.12. The molecule has 4 aromatic heterocycles. The number of para-hydroxylation sites is 2. The molecule has 68 heavy (non-hydrogen) atoms. The first-order valence-corrected chi connectivity index (χ1v) is 22.2. The van der Waals surface area contributed by atoms with Crippen LogP contribution in [0.25, 0.3) is 111 Å². The number of pyridine rings is 2. The lowest BCUT2D eigenvalue weighted by atomic mass is 9.97. The second kappa shape index (κ2) is 16.1. The van der Waals surface area contributed by atoms with Gasteiger partial charge in [0, 0.05) is 56.2 Å². The van der Waals surface area contributed by atoms with Gasteiger partial charge >= 0.3 is 6.18 Å². The number of nitriles is 1. The van der Waals surface area contributed by atoms with Crippen LogP contribution in [0, 0.1) is 11.3 Å². The maximum absolute atomic E-state index is 16.7. The highest BCUT2D eigenvalue weighted by atomic mass is 19.4. The molecule has 0 bridgehead atoms. The van der Waals surface area contributed by atoms with Crippen molar-refractivity contribution in [2.24, 2.45) is 0 Å². The number of alkyl halides is 3. The van der Waals surface area contributed by atoms with E-state index in [1.807, 2.05) is 188 Å². The predicted molar refractivity (Wildman–Crippen MR) is 268 cm³/mol. The van der Waals surface area contributed by atoms with Crippen LogP contribution in [0.3, 0.4) is 0 Å². The number of rotatable bonds is 7. The molecule has 0 amide bonds. The SMILES string of the molecule is N#Cc1cccc(-c2cc(-n3c4ccccc4c4ccc(-c5ccc(-c6ccccc6)nc5)cc43)c(C(F)(F)F)c(-n3c4ccccc4c4ccc(-c5ccc(-c6ccccc6)nc5)cc43)c2)c1. The molecule has 0 fully saturated rings. The summed E-state index contributed by atoms with van der Waals surface area (Å²) in [7, 11) is 0. The number of benzene rings is 8. The molecular formula is C60H36F3N5. The van der Waals surface area contributed by atoms with Crippen molar-refractivity contribution in [2.75, 3.05) is 0 Å². The van der Waals surface area contributed by atoms with Crippen molar-refractivity contribution in [1.29, 1.82) is 5.26 Å². The Morgan fingerprint density at radius 3 is 1.25 bits per heavy atom. The van der Waals surface area contributed by atoms with Crippen LogP contribution in [-0.4, -0.2) is 19.1 Å². The summed E-state index contributed by atoms with van der Waals surface area (Å²) < 4.78 is 53.6. The smallest absolute Gasteiger partial charge is 0.309 e. The average Bonchev–Trinajstić information content (AvgIpc) is 3.90. The van der Waals surface area contributed by atoms with Crippen LogP contribution in [-0.2, 0) is 6.18 Å². The zero-order valence-electron chi connectivity index (χ0n) is 36.2. The molecule has 0 N–H and O–H groups in total. The Labute approximate surface area is 388 Å². The third-order valence-corrected chi connectivity index (χ3v) is 12.9. The fourth-order valence-electron chi connectivity index (χ4n) is 9.70. The van der Waals surface area contributed by atoms with Crippen molar-refractivity contribution in [3.05, 3.63) is 230 Å². The molecule has 0 aliphatic rings. The topological polar surface area (TPSA) is 59.4 Å². The minimum Gasteiger partial charge on any atom is -0.309 e. The van der Waals surface area contributed by atoms with Crippen LogP contribution in [0.1, 0.15) is 11.1 Å². The number of aromatic nitrogens is 4. The fourth-order valence-corrected chi connectivity index (χ4v) is 9.70. The van der Waals surface area contributed by atoms with Gasteiger partial charge in [0.25, 0.3) is 0 Å². The number of hydrogen-bond donors (Lipinski definition) is 0. The molecule has 0 radical (unpaired) electrons. The van der Waals surface area contributed by atoms with Gasteiger partial charge in [-0.2, -0.15) is 18.4 Å². The molecule has 0 aliphatic heterocycles. The molecule has 8 aromatic carbocycles. The normalized spacial score (nSPS) is 11.7. The van der Waals surface area contributed by atoms with Crippen molar-refractivity contribution in [3.8, 4) is 73.3 Å². The van der Waals surface area contributed by atoms with E-state index in [1.54, 1.807) is 39.5 Å². The highest BCUT2D eigenvalue weighted by Crippen LogP contribution is 2.47. The second-order valence-corrected chi connectivity index (χ2v) is 16.8. The summed E-state index contributed by atoms with van der Waals surface area (Å²) in [6.45, 7) is 0. The minimum atomic E-state index is -4.85. The van der Waals surface area contributed by atoms with Crippen molar-refractivity contribution in [3.63, 3.8) is 0 Å². The molecule has 0 spiro atoms. The Bertz CT molecular complexity index is 3720. The molecule has 5 nitrogen and oxygen atoms in total. The Balaban J connectivity index is 1.14. The zero-order chi connectivity index (χ0) is 45.9. The summed E-state index contributed by atoms with van der Waals surface area (Å²) >= 11 is 0. The molecule has 12 aromatic rings. The molecule has 0 atom stereocenters. The number of halogens is 3. The monoisotopic (exact) mass is 883 g/mol. The van der Waals surface area contributed by atoms with E-state index in [9.17, 15) is 5.26 Å². The maximum Gasteiger partial charge on any atom is 0.420 e. The summed E-state index contributed by atoms with van der Waals surface area (Å²) in [5.74, 6) is 0. The van der Waals surface area contributed by atoms with Crippen molar-refractivity contribution in [2.45, 2.75) is 6.18 Å². The van der Waals surface area contributed by atoms with E-state index in [2.05, 4.69) is 6.07 Å². The van der Waals surface area contributed by atoms with Gasteiger partial charge in [0.15, 0.2) is 0 Å². The summed E-state index contributed by atoms with van der Waals surface area (Å²) in [6, 6.07) is 67.3. The maximum atomic E-state index is 16.7. The molecular weight excluding hydrogens is 848 g/mol. The number of fused-ring (bicyclic) bond motifs is 6. The van der Waals surface area contributed by atoms with E-state index in [0.29, 0.717) is 38.8 Å². The zero-order valence-corrected chi connectivity index (χ0v) is 36.2. The largest absolute Gasteiger partial charge is 0.420 e. The van der Waals surface area contributed by atoms with Gasteiger partial charge in [-0.25, -0.2) is 0 Å². The van der Waals surface area contributed by atoms with E-state index in [0.717, 1.165) is 66.3 Å².